The fraction of sp³-hybridized carbons (Fsp3) is 1.00. The summed E-state index contributed by atoms with van der Waals surface area (Å²) in [5, 5.41) is 0. The summed E-state index contributed by atoms with van der Waals surface area (Å²) in [7, 11) is 7.61. The Labute approximate surface area is 111 Å². The normalized spacial score (nSPS) is 29.2. The lowest BCUT2D eigenvalue weighted by molar-refractivity contribution is -0.178. The van der Waals surface area contributed by atoms with Gasteiger partial charge in [-0.25, -0.2) is 0 Å². The highest BCUT2D eigenvalue weighted by Gasteiger charge is 2.45. The first kappa shape index (κ1) is 15.9. The molecule has 0 spiro atoms. The molecule has 0 aromatic carbocycles. The number of hydrogen-bond acceptors (Lipinski definition) is 5. The molecule has 0 saturated carbocycles. The van der Waals surface area contributed by atoms with Crippen molar-refractivity contribution in [3.63, 3.8) is 0 Å². The standard InChI is InChI=1S/C13H29N3O2/c1-10-7-16(8-11(10)15(3)4)13(2,9-14)12(17-5)18-6/h10-12H,7-9,14H2,1-6H3. The van der Waals surface area contributed by atoms with E-state index in [-0.39, 0.29) is 11.8 Å². The third-order valence-corrected chi connectivity index (χ3v) is 4.31. The van der Waals surface area contributed by atoms with Gasteiger partial charge in [0.2, 0.25) is 0 Å². The fourth-order valence-corrected chi connectivity index (χ4v) is 3.02. The third-order valence-electron chi connectivity index (χ3n) is 4.31. The van der Waals surface area contributed by atoms with Crippen molar-refractivity contribution in [2.75, 3.05) is 47.9 Å². The van der Waals surface area contributed by atoms with Crippen molar-refractivity contribution in [3.05, 3.63) is 0 Å². The van der Waals surface area contributed by atoms with E-state index in [9.17, 15) is 0 Å². The summed E-state index contributed by atoms with van der Waals surface area (Å²) in [5.41, 5.74) is 5.72. The SMILES string of the molecule is COC(OC)C(C)(CN)N1CC(C)C(N(C)C)C1. The Morgan fingerprint density at radius 2 is 1.89 bits per heavy atom. The Kier molecular flexibility index (Phi) is 5.55. The van der Waals surface area contributed by atoms with Crippen LogP contribution in [0.25, 0.3) is 0 Å². The maximum absolute atomic E-state index is 5.99. The van der Waals surface area contributed by atoms with Gasteiger partial charge in [0.25, 0.3) is 0 Å². The van der Waals surface area contributed by atoms with E-state index in [0.717, 1.165) is 13.1 Å². The summed E-state index contributed by atoms with van der Waals surface area (Å²) in [5.74, 6) is 0.625. The Balaban J connectivity index is 2.84. The molecule has 0 aromatic heterocycles. The lowest BCUT2D eigenvalue weighted by Crippen LogP contribution is -2.60. The molecule has 5 nitrogen and oxygen atoms in total. The smallest absolute Gasteiger partial charge is 0.176 e. The molecule has 0 amide bonds. The largest absolute Gasteiger partial charge is 0.354 e. The van der Waals surface area contributed by atoms with Gasteiger partial charge in [-0.1, -0.05) is 6.92 Å². The van der Waals surface area contributed by atoms with Crippen molar-refractivity contribution in [1.82, 2.24) is 9.80 Å². The number of ether oxygens (including phenoxy) is 2. The van der Waals surface area contributed by atoms with Gasteiger partial charge in [-0.05, 0) is 26.9 Å². The maximum atomic E-state index is 5.99. The summed E-state index contributed by atoms with van der Waals surface area (Å²) in [6.45, 7) is 6.96. The molecule has 5 heteroatoms. The molecule has 108 valence electrons. The first-order valence-corrected chi connectivity index (χ1v) is 6.57. The van der Waals surface area contributed by atoms with Crippen LogP contribution >= 0.6 is 0 Å². The minimum atomic E-state index is -0.296. The number of likely N-dealkylation sites (tertiary alicyclic amines) is 1. The molecule has 0 bridgehead atoms. The summed E-state index contributed by atoms with van der Waals surface area (Å²) >= 11 is 0. The molecule has 18 heavy (non-hydrogen) atoms. The van der Waals surface area contributed by atoms with Crippen molar-refractivity contribution >= 4 is 0 Å². The highest BCUT2D eigenvalue weighted by atomic mass is 16.7. The van der Waals surface area contributed by atoms with Gasteiger partial charge in [0.1, 0.15) is 0 Å². The molecule has 1 fully saturated rings. The molecule has 1 heterocycles. The first-order valence-electron chi connectivity index (χ1n) is 6.57. The van der Waals surface area contributed by atoms with Crippen molar-refractivity contribution in [1.29, 1.82) is 0 Å². The minimum absolute atomic E-state index is 0.275. The topological polar surface area (TPSA) is 51.0 Å². The van der Waals surface area contributed by atoms with E-state index in [0.29, 0.717) is 18.5 Å². The zero-order chi connectivity index (χ0) is 13.9. The molecule has 2 N–H and O–H groups in total. The minimum Gasteiger partial charge on any atom is -0.354 e. The second-order valence-electron chi connectivity index (χ2n) is 5.78. The van der Waals surface area contributed by atoms with E-state index >= 15 is 0 Å². The Morgan fingerprint density at radius 3 is 2.22 bits per heavy atom. The van der Waals surface area contributed by atoms with Gasteiger partial charge in [0, 0.05) is 39.9 Å². The number of rotatable bonds is 6. The van der Waals surface area contributed by atoms with Crippen molar-refractivity contribution in [2.45, 2.75) is 31.7 Å². The molecule has 0 radical (unpaired) electrons. The fourth-order valence-electron chi connectivity index (χ4n) is 3.02. The van der Waals surface area contributed by atoms with Crippen LogP contribution in [0.1, 0.15) is 13.8 Å². The van der Waals surface area contributed by atoms with Gasteiger partial charge in [-0.2, -0.15) is 0 Å². The van der Waals surface area contributed by atoms with E-state index < -0.39 is 0 Å². The summed E-state index contributed by atoms with van der Waals surface area (Å²) < 4.78 is 10.9. The summed E-state index contributed by atoms with van der Waals surface area (Å²) in [4.78, 5) is 4.69. The molecule has 1 aliphatic heterocycles. The van der Waals surface area contributed by atoms with E-state index in [4.69, 9.17) is 15.2 Å². The second-order valence-corrected chi connectivity index (χ2v) is 5.78. The van der Waals surface area contributed by atoms with Gasteiger partial charge in [-0.15, -0.1) is 0 Å². The average molecular weight is 259 g/mol. The molecule has 0 aromatic rings. The molecule has 1 saturated heterocycles. The zero-order valence-corrected chi connectivity index (χ0v) is 12.6. The highest BCUT2D eigenvalue weighted by Crippen LogP contribution is 2.30. The van der Waals surface area contributed by atoms with Gasteiger partial charge in [0.05, 0.1) is 5.54 Å². The van der Waals surface area contributed by atoms with Crippen LogP contribution in [0.5, 0.6) is 0 Å². The van der Waals surface area contributed by atoms with Crippen molar-refractivity contribution in [2.24, 2.45) is 11.7 Å². The van der Waals surface area contributed by atoms with Gasteiger partial charge in [-0.3, -0.25) is 4.90 Å². The van der Waals surface area contributed by atoms with Crippen LogP contribution in [-0.2, 0) is 9.47 Å². The summed E-state index contributed by atoms with van der Waals surface area (Å²) in [6.07, 6.45) is -0.296. The lowest BCUT2D eigenvalue weighted by Gasteiger charge is -2.42. The van der Waals surface area contributed by atoms with Gasteiger partial charge < -0.3 is 20.1 Å². The summed E-state index contributed by atoms with van der Waals surface area (Å²) in [6, 6.07) is 0.560. The van der Waals surface area contributed by atoms with E-state index in [1.54, 1.807) is 14.2 Å². The molecular formula is C13H29N3O2. The lowest BCUT2D eigenvalue weighted by atomic mass is 9.99. The predicted molar refractivity (Wildman–Crippen MR) is 73.5 cm³/mol. The molecule has 1 aliphatic rings. The Bertz CT molecular complexity index is 259. The van der Waals surface area contributed by atoms with Crippen LogP contribution in [0.4, 0.5) is 0 Å². The number of nitrogens with two attached hydrogens (primary N) is 1. The zero-order valence-electron chi connectivity index (χ0n) is 12.6. The predicted octanol–water partition coefficient (Wildman–Crippen LogP) is 0.205. The number of likely N-dealkylation sites (N-methyl/N-ethyl adjacent to an activating group) is 1. The monoisotopic (exact) mass is 259 g/mol. The molecule has 3 atom stereocenters. The number of methoxy groups -OCH3 is 2. The second kappa shape index (κ2) is 6.30. The van der Waals surface area contributed by atoms with Crippen LogP contribution in [0.3, 0.4) is 0 Å². The third kappa shape index (κ3) is 2.86. The van der Waals surface area contributed by atoms with Crippen LogP contribution < -0.4 is 5.73 Å². The first-order chi connectivity index (χ1) is 8.40. The average Bonchev–Trinajstić information content (AvgIpc) is 2.73. The highest BCUT2D eigenvalue weighted by molar-refractivity contribution is 4.98. The van der Waals surface area contributed by atoms with Gasteiger partial charge in [0.15, 0.2) is 6.29 Å². The maximum Gasteiger partial charge on any atom is 0.176 e. The quantitative estimate of drug-likeness (QED) is 0.691. The van der Waals surface area contributed by atoms with Crippen LogP contribution in [-0.4, -0.2) is 75.6 Å². The number of hydrogen-bond donors (Lipinski definition) is 1. The molecule has 0 aliphatic carbocycles. The molecule has 3 unspecified atom stereocenters. The van der Waals surface area contributed by atoms with E-state index in [1.807, 2.05) is 0 Å². The van der Waals surface area contributed by atoms with Crippen LogP contribution in [0.15, 0.2) is 0 Å². The van der Waals surface area contributed by atoms with Crippen molar-refractivity contribution in [3.8, 4) is 0 Å². The Hall–Kier alpha value is -0.200. The van der Waals surface area contributed by atoms with E-state index in [1.165, 1.54) is 0 Å². The van der Waals surface area contributed by atoms with E-state index in [2.05, 4.69) is 37.7 Å². The Morgan fingerprint density at radius 1 is 1.33 bits per heavy atom. The van der Waals surface area contributed by atoms with Crippen LogP contribution in [0, 0.1) is 5.92 Å². The van der Waals surface area contributed by atoms with Gasteiger partial charge >= 0.3 is 0 Å². The molecule has 1 rings (SSSR count). The van der Waals surface area contributed by atoms with Crippen molar-refractivity contribution < 1.29 is 9.47 Å². The van der Waals surface area contributed by atoms with Crippen LogP contribution in [0.2, 0.25) is 0 Å². The molecular weight excluding hydrogens is 230 g/mol. The number of nitrogens with zero attached hydrogens (tertiary/aromatic N) is 2.